The van der Waals surface area contributed by atoms with E-state index >= 15 is 0 Å². The largest absolute Gasteiger partial charge is 0.457 e. The molecule has 2 rings (SSSR count). The molecule has 2 aromatic rings. The Balaban J connectivity index is 1.97. The minimum atomic E-state index is 0.763. The van der Waals surface area contributed by atoms with Gasteiger partial charge in [-0.3, -0.25) is 4.99 Å². The maximum atomic E-state index is 5.85. The number of nitrogens with one attached hydrogen (secondary N) is 1. The van der Waals surface area contributed by atoms with Crippen LogP contribution in [0.4, 0.5) is 5.69 Å². The van der Waals surface area contributed by atoms with Gasteiger partial charge in [0.15, 0.2) is 0 Å². The monoisotopic (exact) mass is 359 g/mol. The molecular weight excluding hydrogens is 334 g/mol. The molecule has 1 N–H and O–H groups in total. The number of amidine groups is 1. The molecule has 0 aliphatic carbocycles. The van der Waals surface area contributed by atoms with Gasteiger partial charge in [0.25, 0.3) is 0 Å². The van der Waals surface area contributed by atoms with E-state index in [1.165, 1.54) is 0 Å². The van der Waals surface area contributed by atoms with Crippen LogP contribution < -0.4 is 10.1 Å². The second-order valence-corrected chi connectivity index (χ2v) is 5.82. The van der Waals surface area contributed by atoms with Gasteiger partial charge in [-0.1, -0.05) is 36.9 Å². The lowest BCUT2D eigenvalue weighted by Crippen LogP contribution is -2.06. The fourth-order valence-corrected chi connectivity index (χ4v) is 2.13. The summed E-state index contributed by atoms with van der Waals surface area (Å²) in [5.74, 6) is 2.33. The van der Waals surface area contributed by atoms with Crippen LogP contribution in [0.5, 0.6) is 11.5 Å². The summed E-state index contributed by atoms with van der Waals surface area (Å²) in [6.45, 7) is 9.73. The van der Waals surface area contributed by atoms with Crippen molar-refractivity contribution in [3.8, 4) is 11.5 Å². The van der Waals surface area contributed by atoms with Crippen LogP contribution in [-0.2, 0) is 0 Å². The van der Waals surface area contributed by atoms with Crippen molar-refractivity contribution in [2.75, 3.05) is 5.32 Å². The Morgan fingerprint density at radius 1 is 0.963 bits per heavy atom. The van der Waals surface area contributed by atoms with Gasteiger partial charge in [0.05, 0.1) is 0 Å². The van der Waals surface area contributed by atoms with E-state index < -0.39 is 0 Å². The SMILES string of the molecule is C=C(/C=C\N=C(C)Nc1cccc(Oc2ccccc2)c1)C(C)=N/C=C\C. The Labute approximate surface area is 161 Å². The zero-order chi connectivity index (χ0) is 19.5. The Kier molecular flexibility index (Phi) is 7.79. The summed E-state index contributed by atoms with van der Waals surface area (Å²) in [6.07, 6.45) is 7.17. The third-order valence-corrected chi connectivity index (χ3v) is 3.56. The maximum Gasteiger partial charge on any atom is 0.129 e. The molecule has 0 atom stereocenters. The second-order valence-electron chi connectivity index (χ2n) is 5.82. The number of benzene rings is 2. The van der Waals surface area contributed by atoms with Crippen LogP contribution in [0.1, 0.15) is 20.8 Å². The molecule has 0 aliphatic rings. The summed E-state index contributed by atoms with van der Waals surface area (Å²) in [6, 6.07) is 17.4. The van der Waals surface area contributed by atoms with E-state index in [0.29, 0.717) is 0 Å². The third-order valence-electron chi connectivity index (χ3n) is 3.56. The number of allylic oxidation sites excluding steroid dienone is 3. The van der Waals surface area contributed by atoms with Crippen molar-refractivity contribution in [1.82, 2.24) is 0 Å². The average Bonchev–Trinajstić information content (AvgIpc) is 2.67. The van der Waals surface area contributed by atoms with Crippen LogP contribution >= 0.6 is 0 Å². The summed E-state index contributed by atoms with van der Waals surface area (Å²) >= 11 is 0. The number of nitrogens with zero attached hydrogens (tertiary/aromatic N) is 2. The van der Waals surface area contributed by atoms with Crippen molar-refractivity contribution in [1.29, 1.82) is 0 Å². The van der Waals surface area contributed by atoms with E-state index in [1.54, 1.807) is 12.4 Å². The normalized spacial score (nSPS) is 12.6. The topological polar surface area (TPSA) is 46.0 Å². The fraction of sp³-hybridized carbons (Fsp3) is 0.130. The predicted molar refractivity (Wildman–Crippen MR) is 116 cm³/mol. The molecule has 0 unspecified atom stereocenters. The van der Waals surface area contributed by atoms with Crippen LogP contribution in [0.2, 0.25) is 0 Å². The lowest BCUT2D eigenvalue weighted by atomic mass is 10.2. The minimum absolute atomic E-state index is 0.763. The number of anilines is 1. The molecule has 4 heteroatoms. The van der Waals surface area contributed by atoms with Gasteiger partial charge in [0.1, 0.15) is 17.3 Å². The number of para-hydroxylation sites is 1. The van der Waals surface area contributed by atoms with E-state index in [9.17, 15) is 0 Å². The molecule has 0 spiro atoms. The van der Waals surface area contributed by atoms with Crippen molar-refractivity contribution in [3.63, 3.8) is 0 Å². The standard InChI is InChI=1S/C23H25N3O/c1-5-15-24-19(3)18(2)14-16-25-20(4)26-21-10-9-13-23(17-21)27-22-11-7-6-8-12-22/h5-17H,2H2,1,3-4H3,(H,25,26)/b15-5-,16-14-,24-19?. The van der Waals surface area contributed by atoms with Gasteiger partial charge in [0.2, 0.25) is 0 Å². The maximum absolute atomic E-state index is 5.85. The van der Waals surface area contributed by atoms with Crippen LogP contribution in [0.25, 0.3) is 0 Å². The highest BCUT2D eigenvalue weighted by Crippen LogP contribution is 2.23. The van der Waals surface area contributed by atoms with Gasteiger partial charge >= 0.3 is 0 Å². The van der Waals surface area contributed by atoms with Crippen LogP contribution in [0.3, 0.4) is 0 Å². The lowest BCUT2D eigenvalue weighted by Gasteiger charge is -2.09. The highest BCUT2D eigenvalue weighted by atomic mass is 16.5. The molecule has 0 aromatic heterocycles. The Bertz CT molecular complexity index is 878. The summed E-state index contributed by atoms with van der Waals surface area (Å²) in [4.78, 5) is 8.65. The van der Waals surface area contributed by atoms with Gasteiger partial charge in [-0.15, -0.1) is 0 Å². The first-order chi connectivity index (χ1) is 13.1. The molecule has 0 radical (unpaired) electrons. The van der Waals surface area contributed by atoms with E-state index in [4.69, 9.17) is 4.74 Å². The molecule has 0 fully saturated rings. The van der Waals surface area contributed by atoms with Crippen molar-refractivity contribution in [2.45, 2.75) is 20.8 Å². The van der Waals surface area contributed by atoms with E-state index in [2.05, 4.69) is 21.9 Å². The Morgan fingerprint density at radius 2 is 1.70 bits per heavy atom. The molecule has 138 valence electrons. The molecule has 0 heterocycles. The average molecular weight is 359 g/mol. The van der Waals surface area contributed by atoms with Gasteiger partial charge < -0.3 is 10.1 Å². The summed E-state index contributed by atoms with van der Waals surface area (Å²) in [5.41, 5.74) is 2.58. The van der Waals surface area contributed by atoms with Crippen LogP contribution in [0.15, 0.2) is 101 Å². The first-order valence-electron chi connectivity index (χ1n) is 8.74. The van der Waals surface area contributed by atoms with Crippen molar-refractivity contribution < 1.29 is 4.74 Å². The minimum Gasteiger partial charge on any atom is -0.457 e. The van der Waals surface area contributed by atoms with Crippen molar-refractivity contribution >= 4 is 17.2 Å². The third kappa shape index (κ3) is 7.16. The van der Waals surface area contributed by atoms with Gasteiger partial charge in [-0.2, -0.15) is 0 Å². The van der Waals surface area contributed by atoms with Gasteiger partial charge in [-0.05, 0) is 56.7 Å². The van der Waals surface area contributed by atoms with Crippen molar-refractivity contribution in [2.24, 2.45) is 9.98 Å². The first-order valence-corrected chi connectivity index (χ1v) is 8.74. The molecule has 2 aromatic carbocycles. The zero-order valence-corrected chi connectivity index (χ0v) is 16.0. The summed E-state index contributed by atoms with van der Waals surface area (Å²) in [7, 11) is 0. The number of rotatable bonds is 7. The fourth-order valence-electron chi connectivity index (χ4n) is 2.13. The molecular formula is C23H25N3O. The quantitative estimate of drug-likeness (QED) is 0.354. The second kappa shape index (κ2) is 10.6. The van der Waals surface area contributed by atoms with Gasteiger partial charge in [-0.25, -0.2) is 4.99 Å². The molecule has 0 saturated carbocycles. The van der Waals surface area contributed by atoms with Crippen LogP contribution in [0, 0.1) is 0 Å². The molecule has 0 amide bonds. The molecule has 0 saturated heterocycles. The number of aliphatic imine (C=N–C) groups is 2. The molecule has 27 heavy (non-hydrogen) atoms. The molecule has 4 nitrogen and oxygen atoms in total. The highest BCUT2D eigenvalue weighted by Gasteiger charge is 1.99. The van der Waals surface area contributed by atoms with Crippen molar-refractivity contribution in [3.05, 3.63) is 91.3 Å². The number of hydrogen-bond donors (Lipinski definition) is 1. The predicted octanol–water partition coefficient (Wildman–Crippen LogP) is 6.37. The zero-order valence-electron chi connectivity index (χ0n) is 16.0. The summed E-state index contributed by atoms with van der Waals surface area (Å²) in [5, 5.41) is 3.25. The Hall–Kier alpha value is -3.40. The number of ether oxygens (including phenoxy) is 1. The molecule has 0 aliphatic heterocycles. The summed E-state index contributed by atoms with van der Waals surface area (Å²) < 4.78 is 5.85. The molecule has 0 bridgehead atoms. The smallest absolute Gasteiger partial charge is 0.129 e. The van der Waals surface area contributed by atoms with E-state index in [0.717, 1.165) is 34.3 Å². The van der Waals surface area contributed by atoms with E-state index in [1.807, 2.05) is 87.5 Å². The van der Waals surface area contributed by atoms with E-state index in [-0.39, 0.29) is 0 Å². The Morgan fingerprint density at radius 3 is 2.44 bits per heavy atom. The highest BCUT2D eigenvalue weighted by molar-refractivity contribution is 6.00. The first kappa shape index (κ1) is 19.9. The van der Waals surface area contributed by atoms with Gasteiger partial charge in [0, 0.05) is 29.9 Å². The lowest BCUT2D eigenvalue weighted by molar-refractivity contribution is 0.483. The van der Waals surface area contributed by atoms with Crippen LogP contribution in [-0.4, -0.2) is 11.5 Å². The number of hydrogen-bond acceptors (Lipinski definition) is 3.